The van der Waals surface area contributed by atoms with Crippen LogP contribution in [-0.4, -0.2) is 38.0 Å². The van der Waals surface area contributed by atoms with Gasteiger partial charge in [0.2, 0.25) is 10.0 Å². The summed E-state index contributed by atoms with van der Waals surface area (Å²) < 4.78 is 25.7. The second kappa shape index (κ2) is 5.25. The third-order valence-electron chi connectivity index (χ3n) is 2.93. The van der Waals surface area contributed by atoms with Crippen LogP contribution < -0.4 is 10.5 Å². The molecule has 0 unspecified atom stereocenters. The average Bonchev–Trinajstić information content (AvgIpc) is 2.18. The van der Waals surface area contributed by atoms with Crippen molar-refractivity contribution in [3.8, 4) is 0 Å². The van der Waals surface area contributed by atoms with Crippen LogP contribution >= 0.6 is 0 Å². The third kappa shape index (κ3) is 3.71. The molecule has 0 aliphatic heterocycles. The van der Waals surface area contributed by atoms with E-state index in [0.717, 1.165) is 32.1 Å². The van der Waals surface area contributed by atoms with Gasteiger partial charge in [-0.1, -0.05) is 19.3 Å². The van der Waals surface area contributed by atoms with Gasteiger partial charge < -0.3 is 10.8 Å². The SMILES string of the molecule is NCC1(NS(=O)(=O)CCO)CCCCC1. The highest BCUT2D eigenvalue weighted by atomic mass is 32.2. The number of aliphatic hydroxyl groups excluding tert-OH is 1. The first kappa shape index (κ1) is 12.9. The number of hydrogen-bond acceptors (Lipinski definition) is 4. The van der Waals surface area contributed by atoms with Gasteiger partial charge in [0, 0.05) is 12.1 Å². The summed E-state index contributed by atoms with van der Waals surface area (Å²) in [5.41, 5.74) is 5.19. The highest BCUT2D eigenvalue weighted by Gasteiger charge is 2.34. The molecule has 4 N–H and O–H groups in total. The number of rotatable bonds is 5. The third-order valence-corrected chi connectivity index (χ3v) is 4.40. The van der Waals surface area contributed by atoms with Crippen LogP contribution in [0.15, 0.2) is 0 Å². The molecule has 1 rings (SSSR count). The summed E-state index contributed by atoms with van der Waals surface area (Å²) in [6.07, 6.45) is 4.77. The van der Waals surface area contributed by atoms with Crippen LogP contribution in [0.2, 0.25) is 0 Å². The van der Waals surface area contributed by atoms with Crippen molar-refractivity contribution in [2.24, 2.45) is 5.73 Å². The van der Waals surface area contributed by atoms with Crippen molar-refractivity contribution in [3.05, 3.63) is 0 Å². The van der Waals surface area contributed by atoms with Crippen molar-refractivity contribution in [2.45, 2.75) is 37.6 Å². The number of hydrogen-bond donors (Lipinski definition) is 3. The summed E-state index contributed by atoms with van der Waals surface area (Å²) in [6, 6.07) is 0. The standard InChI is InChI=1S/C9H20N2O3S/c10-8-9(4-2-1-3-5-9)11-15(13,14)7-6-12/h11-12H,1-8,10H2. The minimum atomic E-state index is -3.38. The van der Waals surface area contributed by atoms with Crippen LogP contribution in [0.3, 0.4) is 0 Å². The van der Waals surface area contributed by atoms with Gasteiger partial charge >= 0.3 is 0 Å². The number of nitrogens with two attached hydrogens (primary N) is 1. The first-order chi connectivity index (χ1) is 7.04. The van der Waals surface area contributed by atoms with E-state index in [1.165, 1.54) is 0 Å². The Labute approximate surface area is 91.1 Å². The lowest BCUT2D eigenvalue weighted by Crippen LogP contribution is -2.55. The fourth-order valence-corrected chi connectivity index (χ4v) is 3.37. The molecule has 1 aliphatic rings. The van der Waals surface area contributed by atoms with Gasteiger partial charge in [-0.05, 0) is 12.8 Å². The van der Waals surface area contributed by atoms with E-state index in [4.69, 9.17) is 10.8 Å². The molecule has 1 saturated carbocycles. The van der Waals surface area contributed by atoms with E-state index in [1.807, 2.05) is 0 Å². The van der Waals surface area contributed by atoms with Crippen LogP contribution in [-0.2, 0) is 10.0 Å². The van der Waals surface area contributed by atoms with E-state index in [1.54, 1.807) is 0 Å². The predicted octanol–water partition coefficient (Wildman–Crippen LogP) is -0.440. The van der Waals surface area contributed by atoms with E-state index in [0.29, 0.717) is 6.54 Å². The lowest BCUT2D eigenvalue weighted by Gasteiger charge is -2.36. The quantitative estimate of drug-likeness (QED) is 0.603. The Hall–Kier alpha value is -0.170. The lowest BCUT2D eigenvalue weighted by molar-refractivity contribution is 0.274. The molecule has 90 valence electrons. The zero-order chi connectivity index (χ0) is 11.4. The molecule has 5 nitrogen and oxygen atoms in total. The van der Waals surface area contributed by atoms with E-state index >= 15 is 0 Å². The largest absolute Gasteiger partial charge is 0.395 e. The maximum atomic E-state index is 11.5. The molecule has 0 atom stereocenters. The van der Waals surface area contributed by atoms with Crippen LogP contribution in [0, 0.1) is 0 Å². The van der Waals surface area contributed by atoms with Gasteiger partial charge in [-0.3, -0.25) is 0 Å². The van der Waals surface area contributed by atoms with Crippen molar-refractivity contribution < 1.29 is 13.5 Å². The second-order valence-electron chi connectivity index (χ2n) is 4.19. The molecule has 0 heterocycles. The molecule has 0 saturated heterocycles. The Kier molecular flexibility index (Phi) is 4.51. The fraction of sp³-hybridized carbons (Fsp3) is 1.00. The first-order valence-corrected chi connectivity index (χ1v) is 7.01. The summed E-state index contributed by atoms with van der Waals surface area (Å²) in [7, 11) is -3.38. The topological polar surface area (TPSA) is 92.4 Å². The Morgan fingerprint density at radius 1 is 1.27 bits per heavy atom. The van der Waals surface area contributed by atoms with E-state index in [2.05, 4.69) is 4.72 Å². The predicted molar refractivity (Wildman–Crippen MR) is 58.9 cm³/mol. The lowest BCUT2D eigenvalue weighted by atomic mass is 9.83. The van der Waals surface area contributed by atoms with Crippen LogP contribution in [0.25, 0.3) is 0 Å². The van der Waals surface area contributed by atoms with Gasteiger partial charge in [0.15, 0.2) is 0 Å². The second-order valence-corrected chi connectivity index (χ2v) is 6.03. The summed E-state index contributed by atoms with van der Waals surface area (Å²) >= 11 is 0. The molecule has 1 aliphatic carbocycles. The normalized spacial score (nSPS) is 21.5. The van der Waals surface area contributed by atoms with Gasteiger partial charge in [0.05, 0.1) is 12.4 Å². The first-order valence-electron chi connectivity index (χ1n) is 5.36. The van der Waals surface area contributed by atoms with Crippen molar-refractivity contribution in [1.29, 1.82) is 0 Å². The van der Waals surface area contributed by atoms with E-state index in [9.17, 15) is 8.42 Å². The molecular weight excluding hydrogens is 216 g/mol. The summed E-state index contributed by atoms with van der Waals surface area (Å²) in [5.74, 6) is -0.241. The summed E-state index contributed by atoms with van der Waals surface area (Å²) in [6.45, 7) is -0.0202. The van der Waals surface area contributed by atoms with E-state index < -0.39 is 15.6 Å². The number of nitrogens with one attached hydrogen (secondary N) is 1. The van der Waals surface area contributed by atoms with Crippen molar-refractivity contribution >= 4 is 10.0 Å². The van der Waals surface area contributed by atoms with Crippen LogP contribution in [0.4, 0.5) is 0 Å². The molecule has 1 fully saturated rings. The van der Waals surface area contributed by atoms with Crippen molar-refractivity contribution in [1.82, 2.24) is 4.72 Å². The summed E-state index contributed by atoms with van der Waals surface area (Å²) in [5, 5.41) is 8.64. The monoisotopic (exact) mass is 236 g/mol. The van der Waals surface area contributed by atoms with Gasteiger partial charge in [-0.25, -0.2) is 13.1 Å². The smallest absolute Gasteiger partial charge is 0.214 e. The summed E-state index contributed by atoms with van der Waals surface area (Å²) in [4.78, 5) is 0. The van der Waals surface area contributed by atoms with Gasteiger partial charge in [-0.2, -0.15) is 0 Å². The highest BCUT2D eigenvalue weighted by molar-refractivity contribution is 7.89. The Balaban J connectivity index is 2.66. The Morgan fingerprint density at radius 3 is 2.33 bits per heavy atom. The van der Waals surface area contributed by atoms with Gasteiger partial charge in [-0.15, -0.1) is 0 Å². The van der Waals surface area contributed by atoms with Gasteiger partial charge in [0.25, 0.3) is 0 Å². The maximum Gasteiger partial charge on any atom is 0.214 e. The molecule has 0 spiro atoms. The van der Waals surface area contributed by atoms with E-state index in [-0.39, 0.29) is 12.4 Å². The Morgan fingerprint density at radius 2 is 1.87 bits per heavy atom. The fourth-order valence-electron chi connectivity index (χ4n) is 2.08. The zero-order valence-corrected chi connectivity index (χ0v) is 9.72. The molecule has 0 radical (unpaired) electrons. The van der Waals surface area contributed by atoms with Crippen molar-refractivity contribution in [2.75, 3.05) is 18.9 Å². The molecule has 0 aromatic heterocycles. The number of sulfonamides is 1. The molecular formula is C9H20N2O3S. The molecule has 0 amide bonds. The Bertz CT molecular complexity index is 284. The maximum absolute atomic E-state index is 11.5. The molecule has 6 heteroatoms. The minimum absolute atomic E-state index is 0.241. The molecule has 0 aromatic carbocycles. The highest BCUT2D eigenvalue weighted by Crippen LogP contribution is 2.27. The minimum Gasteiger partial charge on any atom is -0.395 e. The molecule has 0 bridgehead atoms. The van der Waals surface area contributed by atoms with Crippen LogP contribution in [0.5, 0.6) is 0 Å². The zero-order valence-electron chi connectivity index (χ0n) is 8.91. The molecule has 15 heavy (non-hydrogen) atoms. The number of aliphatic hydroxyl groups is 1. The van der Waals surface area contributed by atoms with Crippen LogP contribution in [0.1, 0.15) is 32.1 Å². The molecule has 0 aromatic rings. The van der Waals surface area contributed by atoms with Gasteiger partial charge in [0.1, 0.15) is 0 Å². The average molecular weight is 236 g/mol. The van der Waals surface area contributed by atoms with Crippen molar-refractivity contribution in [3.63, 3.8) is 0 Å².